The quantitative estimate of drug-likeness (QED) is 0.147. The molecule has 0 heterocycles. The monoisotopic (exact) mass is 880 g/mol. The number of hydrogen-bond acceptors (Lipinski definition) is 1. The molecular weight excluding hydrogens is 807 g/mol. The van der Waals surface area contributed by atoms with E-state index in [-0.39, 0.29) is 16.2 Å². The molecule has 3 aliphatic carbocycles. The molecule has 0 atom stereocenters. The number of nitrogens with zero attached hydrogens (tertiary/aromatic N) is 1. The van der Waals surface area contributed by atoms with E-state index < -0.39 is 0 Å². The van der Waals surface area contributed by atoms with E-state index >= 15 is 0 Å². The van der Waals surface area contributed by atoms with Crippen LogP contribution in [0.5, 0.6) is 0 Å². The van der Waals surface area contributed by atoms with Gasteiger partial charge in [-0.05, 0) is 181 Å². The molecule has 0 unspecified atom stereocenters. The molecule has 342 valence electrons. The van der Waals surface area contributed by atoms with E-state index in [1.54, 1.807) is 11.1 Å². The van der Waals surface area contributed by atoms with Crippen LogP contribution in [0.4, 0.5) is 17.1 Å². The first-order chi connectivity index (χ1) is 32.1. The second kappa shape index (κ2) is 17.8. The molecule has 0 aromatic heterocycles. The summed E-state index contributed by atoms with van der Waals surface area (Å²) in [5, 5.41) is 0. The molecule has 0 spiro atoms. The van der Waals surface area contributed by atoms with Crippen LogP contribution in [0.1, 0.15) is 170 Å². The predicted octanol–water partition coefficient (Wildman–Crippen LogP) is 19.5. The number of rotatable bonds is 8. The Morgan fingerprint density at radius 1 is 0.403 bits per heavy atom. The van der Waals surface area contributed by atoms with Gasteiger partial charge in [-0.25, -0.2) is 0 Å². The van der Waals surface area contributed by atoms with E-state index in [4.69, 9.17) is 0 Å². The Hall–Kier alpha value is -5.66. The third-order valence-electron chi connectivity index (χ3n) is 16.1. The van der Waals surface area contributed by atoms with E-state index in [1.165, 1.54) is 148 Å². The summed E-state index contributed by atoms with van der Waals surface area (Å²) >= 11 is 0. The number of fused-ring (bicyclic) bond motifs is 3. The zero-order valence-corrected chi connectivity index (χ0v) is 42.0. The maximum absolute atomic E-state index is 2.62. The fourth-order valence-corrected chi connectivity index (χ4v) is 11.9. The summed E-state index contributed by atoms with van der Waals surface area (Å²) in [7, 11) is 0. The summed E-state index contributed by atoms with van der Waals surface area (Å²) in [6.07, 6.45) is 13.6. The van der Waals surface area contributed by atoms with E-state index in [1.807, 2.05) is 0 Å². The molecule has 7 aromatic rings. The third kappa shape index (κ3) is 8.97. The van der Waals surface area contributed by atoms with Gasteiger partial charge in [0.1, 0.15) is 0 Å². The van der Waals surface area contributed by atoms with Crippen molar-refractivity contribution in [1.82, 2.24) is 0 Å². The highest BCUT2D eigenvalue weighted by atomic mass is 15.1. The molecule has 0 saturated heterocycles. The van der Waals surface area contributed by atoms with E-state index in [0.717, 1.165) is 5.69 Å². The van der Waals surface area contributed by atoms with Crippen LogP contribution in [-0.2, 0) is 16.2 Å². The summed E-state index contributed by atoms with van der Waals surface area (Å²) in [6, 6.07) is 57.0. The maximum atomic E-state index is 2.62. The van der Waals surface area contributed by atoms with Crippen molar-refractivity contribution in [3.05, 3.63) is 185 Å². The smallest absolute Gasteiger partial charge is 0.0465 e. The molecule has 0 N–H and O–H groups in total. The zero-order valence-electron chi connectivity index (χ0n) is 42.0. The highest BCUT2D eigenvalue weighted by Crippen LogP contribution is 2.51. The van der Waals surface area contributed by atoms with Crippen molar-refractivity contribution >= 4 is 17.1 Å². The largest absolute Gasteiger partial charge is 0.310 e. The van der Waals surface area contributed by atoms with Gasteiger partial charge in [0.25, 0.3) is 0 Å². The van der Waals surface area contributed by atoms with E-state index in [2.05, 4.69) is 213 Å². The van der Waals surface area contributed by atoms with Crippen LogP contribution >= 0.6 is 0 Å². The molecule has 67 heavy (non-hydrogen) atoms. The van der Waals surface area contributed by atoms with Gasteiger partial charge in [0, 0.05) is 22.5 Å². The Labute approximate surface area is 403 Å². The Bertz CT molecular complexity index is 2850. The molecule has 0 radical (unpaired) electrons. The first kappa shape index (κ1) is 45.1. The number of benzene rings is 7. The summed E-state index contributed by atoms with van der Waals surface area (Å²) < 4.78 is 0. The highest BCUT2D eigenvalue weighted by molar-refractivity contribution is 5.87. The average Bonchev–Trinajstić information content (AvgIpc) is 3.56. The fourth-order valence-electron chi connectivity index (χ4n) is 11.9. The standard InChI is InChI=1S/C66H73N/c1-44-35-57(31-33-59(44)49-24-18-23-48(36-49)52-38-50(45-19-12-10-13-20-45)37-51(39-52)46-21-14-11-15-22-46)67(58-32-34-61-60-25-16-17-26-62(60)66(8,9)63(61)43-58)56-29-27-47(28-30-56)53-40-54(64(2,3)4)42-55(41-53)65(5,6)7/h16-18,23-43,45-46H,10-15,19-22H2,1-9H3. The molecule has 10 rings (SSSR count). The lowest BCUT2D eigenvalue weighted by Gasteiger charge is -2.29. The van der Waals surface area contributed by atoms with Crippen molar-refractivity contribution < 1.29 is 0 Å². The average molecular weight is 880 g/mol. The van der Waals surface area contributed by atoms with Crippen LogP contribution < -0.4 is 4.90 Å². The second-order valence-electron chi connectivity index (χ2n) is 23.2. The SMILES string of the molecule is Cc1cc(N(c2ccc(-c3cc(C(C)(C)C)cc(C(C)(C)C)c3)cc2)c2ccc3c(c2)C(C)(C)c2ccccc2-3)ccc1-c1cccc(-c2cc(C3CCCCC3)cc(C3CCCCC3)c2)c1. The van der Waals surface area contributed by atoms with Gasteiger partial charge < -0.3 is 4.90 Å². The van der Waals surface area contributed by atoms with Crippen LogP contribution in [0.15, 0.2) is 146 Å². The second-order valence-corrected chi connectivity index (χ2v) is 23.2. The molecule has 1 nitrogen and oxygen atoms in total. The molecule has 0 bridgehead atoms. The van der Waals surface area contributed by atoms with Gasteiger partial charge in [0.05, 0.1) is 0 Å². The van der Waals surface area contributed by atoms with Crippen molar-refractivity contribution in [3.63, 3.8) is 0 Å². The van der Waals surface area contributed by atoms with Gasteiger partial charge in [-0.1, -0.05) is 197 Å². The Kier molecular flexibility index (Phi) is 12.0. The number of anilines is 3. The molecule has 0 amide bonds. The summed E-state index contributed by atoms with van der Waals surface area (Å²) in [5.74, 6) is 1.39. The first-order valence-corrected chi connectivity index (χ1v) is 25.8. The van der Waals surface area contributed by atoms with E-state index in [0.29, 0.717) is 11.8 Å². The summed E-state index contributed by atoms with van der Waals surface area (Å²) in [4.78, 5) is 2.48. The predicted molar refractivity (Wildman–Crippen MR) is 289 cm³/mol. The number of aryl methyl sites for hydroxylation is 1. The van der Waals surface area contributed by atoms with Crippen LogP contribution in [0, 0.1) is 6.92 Å². The van der Waals surface area contributed by atoms with E-state index in [9.17, 15) is 0 Å². The van der Waals surface area contributed by atoms with Gasteiger partial charge in [-0.3, -0.25) is 0 Å². The molecule has 1 heteroatoms. The summed E-state index contributed by atoms with van der Waals surface area (Å²) in [5.41, 5.74) is 24.0. The van der Waals surface area contributed by atoms with Gasteiger partial charge in [0.2, 0.25) is 0 Å². The minimum Gasteiger partial charge on any atom is -0.310 e. The fraction of sp³-hybridized carbons (Fsp3) is 0.364. The highest BCUT2D eigenvalue weighted by Gasteiger charge is 2.36. The van der Waals surface area contributed by atoms with Crippen molar-refractivity contribution in [3.8, 4) is 44.5 Å². The Morgan fingerprint density at radius 2 is 0.925 bits per heavy atom. The molecule has 2 saturated carbocycles. The van der Waals surface area contributed by atoms with Crippen molar-refractivity contribution in [1.29, 1.82) is 0 Å². The van der Waals surface area contributed by atoms with Gasteiger partial charge in [-0.2, -0.15) is 0 Å². The minimum atomic E-state index is -0.0990. The lowest BCUT2D eigenvalue weighted by molar-refractivity contribution is 0.435. The number of hydrogen-bond donors (Lipinski definition) is 0. The summed E-state index contributed by atoms with van der Waals surface area (Å²) in [6.45, 7) is 21.0. The van der Waals surface area contributed by atoms with Gasteiger partial charge >= 0.3 is 0 Å². The normalized spacial score (nSPS) is 16.4. The van der Waals surface area contributed by atoms with Crippen molar-refractivity contribution in [2.24, 2.45) is 0 Å². The first-order valence-electron chi connectivity index (χ1n) is 25.8. The molecule has 2 fully saturated rings. The molecule has 0 aliphatic heterocycles. The Balaban J connectivity index is 1.04. The Morgan fingerprint density at radius 3 is 1.52 bits per heavy atom. The van der Waals surface area contributed by atoms with Crippen molar-refractivity contribution in [2.75, 3.05) is 4.90 Å². The third-order valence-corrected chi connectivity index (χ3v) is 16.1. The lowest BCUT2D eigenvalue weighted by Crippen LogP contribution is -2.17. The molecular formula is C66H73N. The van der Waals surface area contributed by atoms with Crippen LogP contribution in [-0.4, -0.2) is 0 Å². The van der Waals surface area contributed by atoms with Crippen LogP contribution in [0.25, 0.3) is 44.5 Å². The lowest BCUT2D eigenvalue weighted by atomic mass is 9.78. The minimum absolute atomic E-state index is 0.0523. The topological polar surface area (TPSA) is 3.24 Å². The molecule has 7 aromatic carbocycles. The van der Waals surface area contributed by atoms with Crippen molar-refractivity contribution in [2.45, 2.75) is 155 Å². The van der Waals surface area contributed by atoms with Gasteiger partial charge in [0.15, 0.2) is 0 Å². The van der Waals surface area contributed by atoms with Crippen LogP contribution in [0.2, 0.25) is 0 Å². The van der Waals surface area contributed by atoms with Gasteiger partial charge in [-0.15, -0.1) is 0 Å². The maximum Gasteiger partial charge on any atom is 0.0465 e. The zero-order chi connectivity index (χ0) is 46.7. The molecule has 3 aliphatic rings. The van der Waals surface area contributed by atoms with Crippen LogP contribution in [0.3, 0.4) is 0 Å².